The number of nitrogens with zero attached hydrogens (tertiary/aromatic N) is 3. The first kappa shape index (κ1) is 33.3. The molecule has 11 heteroatoms. The molecule has 0 bridgehead atoms. The highest BCUT2D eigenvalue weighted by molar-refractivity contribution is 5.95. The zero-order valence-electron chi connectivity index (χ0n) is 25.6. The predicted octanol–water partition coefficient (Wildman–Crippen LogP) is 6.41. The molecule has 2 aromatic rings. The van der Waals surface area contributed by atoms with E-state index in [1.165, 1.54) is 17.2 Å². The minimum atomic E-state index is -4.71. The number of para-hydroxylation sites is 1. The number of alkyl halides is 3. The third-order valence-electron chi connectivity index (χ3n) is 8.99. The molecule has 44 heavy (non-hydrogen) atoms. The van der Waals surface area contributed by atoms with Crippen LogP contribution in [0.5, 0.6) is 5.75 Å². The fraction of sp³-hybridized carbons (Fsp3) is 0.576. The number of carboxylic acids is 1. The second-order valence-corrected chi connectivity index (χ2v) is 12.4. The van der Waals surface area contributed by atoms with Gasteiger partial charge in [0.15, 0.2) is 0 Å². The first-order valence-corrected chi connectivity index (χ1v) is 15.4. The molecule has 2 fully saturated rings. The number of hydrogen-bond donors (Lipinski definition) is 1. The largest absolute Gasteiger partial charge is 0.493 e. The summed E-state index contributed by atoms with van der Waals surface area (Å²) in [7, 11) is 0. The molecule has 2 atom stereocenters. The molecule has 0 saturated carbocycles. The summed E-state index contributed by atoms with van der Waals surface area (Å²) in [5, 5.41) is 9.39. The van der Waals surface area contributed by atoms with Gasteiger partial charge in [-0.2, -0.15) is 13.2 Å². The molecule has 1 aromatic heterocycles. The van der Waals surface area contributed by atoms with Crippen LogP contribution in [0.2, 0.25) is 0 Å². The van der Waals surface area contributed by atoms with E-state index in [4.69, 9.17) is 4.74 Å². The van der Waals surface area contributed by atoms with Crippen LogP contribution >= 0.6 is 0 Å². The van der Waals surface area contributed by atoms with E-state index in [9.17, 15) is 32.7 Å². The van der Waals surface area contributed by atoms with Crippen LogP contribution in [-0.2, 0) is 15.8 Å². The molecular weight excluding hydrogens is 575 g/mol. The van der Waals surface area contributed by atoms with Crippen molar-refractivity contribution in [1.82, 2.24) is 14.8 Å². The molecule has 2 saturated heterocycles. The number of carboxylic acid groups (broad SMARTS) is 1. The number of pyridine rings is 1. The summed E-state index contributed by atoms with van der Waals surface area (Å²) >= 11 is 0. The van der Waals surface area contributed by atoms with Crippen molar-refractivity contribution in [1.29, 1.82) is 0 Å². The minimum absolute atomic E-state index is 0.0584. The van der Waals surface area contributed by atoms with E-state index < -0.39 is 46.7 Å². The molecule has 2 aliphatic rings. The standard InChI is InChI=1S/C33H42F3N3O5/c1-4-9-26-24(11-8-18-39(26)30(41)28-25(33(34,35)36)12-7-17-37-28)29(40)38-19-14-22(15-20-38)23-10-5-6-13-27(23)44-21-16-32(2,3)31(42)43/h5-7,10,12-13,17,22,24,26H,4,8-9,11,14-16,18-21H2,1-3H3,(H,42,43). The number of carbonyl (C=O) groups is 3. The van der Waals surface area contributed by atoms with E-state index in [0.717, 1.165) is 17.4 Å². The number of piperidine rings is 2. The Morgan fingerprint density at radius 3 is 2.39 bits per heavy atom. The Morgan fingerprint density at radius 2 is 1.73 bits per heavy atom. The van der Waals surface area contributed by atoms with Gasteiger partial charge in [0.05, 0.1) is 23.5 Å². The number of amides is 2. The van der Waals surface area contributed by atoms with Crippen LogP contribution in [0.4, 0.5) is 13.2 Å². The number of benzene rings is 1. The molecule has 2 amide bonds. The SMILES string of the molecule is CCCC1C(C(=O)N2CCC(c3ccccc3OCCC(C)(C)C(=O)O)CC2)CCCN1C(=O)c1ncccc1C(F)(F)F. The number of halogens is 3. The lowest BCUT2D eigenvalue weighted by Crippen LogP contribution is -2.54. The maximum absolute atomic E-state index is 13.9. The maximum Gasteiger partial charge on any atom is 0.418 e. The first-order valence-electron chi connectivity index (χ1n) is 15.4. The molecule has 0 aliphatic carbocycles. The van der Waals surface area contributed by atoms with Gasteiger partial charge in [0.2, 0.25) is 5.91 Å². The summed E-state index contributed by atoms with van der Waals surface area (Å²) in [5.41, 5.74) is -1.55. The molecule has 1 N–H and O–H groups in total. The molecule has 2 aliphatic heterocycles. The lowest BCUT2D eigenvalue weighted by molar-refractivity contribution is -0.147. The molecule has 4 rings (SSSR count). The van der Waals surface area contributed by atoms with Crippen molar-refractivity contribution in [3.63, 3.8) is 0 Å². The summed E-state index contributed by atoms with van der Waals surface area (Å²) in [6.45, 7) is 6.87. The van der Waals surface area contributed by atoms with E-state index >= 15 is 0 Å². The van der Waals surface area contributed by atoms with Gasteiger partial charge in [0.1, 0.15) is 11.4 Å². The van der Waals surface area contributed by atoms with E-state index in [1.54, 1.807) is 13.8 Å². The number of likely N-dealkylation sites (tertiary alicyclic amines) is 2. The summed E-state index contributed by atoms with van der Waals surface area (Å²) in [6, 6.07) is 9.25. The van der Waals surface area contributed by atoms with Gasteiger partial charge in [0, 0.05) is 31.9 Å². The van der Waals surface area contributed by atoms with Crippen molar-refractivity contribution in [2.45, 2.75) is 83.9 Å². The van der Waals surface area contributed by atoms with Gasteiger partial charge in [0.25, 0.3) is 5.91 Å². The normalized spacial score (nSPS) is 20.0. The van der Waals surface area contributed by atoms with Gasteiger partial charge in [-0.25, -0.2) is 0 Å². The Morgan fingerprint density at radius 1 is 1.02 bits per heavy atom. The average molecular weight is 618 g/mol. The molecule has 2 unspecified atom stereocenters. The third kappa shape index (κ3) is 7.53. The molecule has 0 spiro atoms. The maximum atomic E-state index is 13.9. The van der Waals surface area contributed by atoms with Crippen LogP contribution < -0.4 is 4.74 Å². The third-order valence-corrected chi connectivity index (χ3v) is 8.99. The summed E-state index contributed by atoms with van der Waals surface area (Å²) in [6.07, 6.45) is 0.544. The smallest absolute Gasteiger partial charge is 0.418 e. The van der Waals surface area contributed by atoms with Gasteiger partial charge in [-0.05, 0) is 82.1 Å². The zero-order valence-corrected chi connectivity index (χ0v) is 25.6. The average Bonchev–Trinajstić information content (AvgIpc) is 3.00. The van der Waals surface area contributed by atoms with Crippen LogP contribution in [0.1, 0.15) is 93.3 Å². The summed E-state index contributed by atoms with van der Waals surface area (Å²) < 4.78 is 47.1. The summed E-state index contributed by atoms with van der Waals surface area (Å²) in [5.74, 6) is -1.33. The number of ether oxygens (including phenoxy) is 1. The number of hydrogen-bond acceptors (Lipinski definition) is 5. The van der Waals surface area contributed by atoms with Crippen molar-refractivity contribution in [2.75, 3.05) is 26.2 Å². The number of aliphatic carboxylic acids is 1. The number of aromatic nitrogens is 1. The van der Waals surface area contributed by atoms with E-state index in [1.807, 2.05) is 36.1 Å². The Balaban J connectivity index is 1.43. The number of carbonyl (C=O) groups excluding carboxylic acids is 2. The number of rotatable bonds is 10. The Bertz CT molecular complexity index is 1320. The fourth-order valence-corrected chi connectivity index (χ4v) is 6.31. The Labute approximate surface area is 256 Å². The van der Waals surface area contributed by atoms with Crippen LogP contribution in [0.3, 0.4) is 0 Å². The molecule has 3 heterocycles. The van der Waals surface area contributed by atoms with Crippen molar-refractivity contribution < 1.29 is 37.4 Å². The summed E-state index contributed by atoms with van der Waals surface area (Å²) in [4.78, 5) is 45.9. The highest BCUT2D eigenvalue weighted by Crippen LogP contribution is 2.38. The van der Waals surface area contributed by atoms with Crippen LogP contribution in [0.25, 0.3) is 0 Å². The Hall–Kier alpha value is -3.63. The lowest BCUT2D eigenvalue weighted by Gasteiger charge is -2.43. The molecule has 0 radical (unpaired) electrons. The van der Waals surface area contributed by atoms with Gasteiger partial charge >= 0.3 is 12.1 Å². The first-order chi connectivity index (χ1) is 20.8. The van der Waals surface area contributed by atoms with Crippen molar-refractivity contribution >= 4 is 17.8 Å². The van der Waals surface area contributed by atoms with Crippen LogP contribution in [0.15, 0.2) is 42.6 Å². The lowest BCUT2D eigenvalue weighted by atomic mass is 9.83. The molecule has 1 aromatic carbocycles. The molecule has 8 nitrogen and oxygen atoms in total. The van der Waals surface area contributed by atoms with Crippen molar-refractivity contribution in [3.05, 3.63) is 59.4 Å². The van der Waals surface area contributed by atoms with E-state index in [2.05, 4.69) is 4.98 Å². The van der Waals surface area contributed by atoms with Crippen molar-refractivity contribution in [3.8, 4) is 5.75 Å². The zero-order chi connectivity index (χ0) is 32.1. The van der Waals surface area contributed by atoms with E-state index in [-0.39, 0.29) is 25.0 Å². The topological polar surface area (TPSA) is 100 Å². The highest BCUT2D eigenvalue weighted by Gasteiger charge is 2.43. The predicted molar refractivity (Wildman–Crippen MR) is 158 cm³/mol. The second-order valence-electron chi connectivity index (χ2n) is 12.4. The quantitative estimate of drug-likeness (QED) is 0.331. The second kappa shape index (κ2) is 14.0. The van der Waals surface area contributed by atoms with Crippen LogP contribution in [0, 0.1) is 11.3 Å². The van der Waals surface area contributed by atoms with Gasteiger partial charge < -0.3 is 19.6 Å². The van der Waals surface area contributed by atoms with E-state index in [0.29, 0.717) is 58.0 Å². The van der Waals surface area contributed by atoms with Crippen molar-refractivity contribution in [2.24, 2.45) is 11.3 Å². The van der Waals surface area contributed by atoms with Gasteiger partial charge in [-0.1, -0.05) is 31.5 Å². The van der Waals surface area contributed by atoms with Crippen LogP contribution in [-0.4, -0.2) is 70.0 Å². The monoisotopic (exact) mass is 617 g/mol. The minimum Gasteiger partial charge on any atom is -0.493 e. The molecule has 240 valence electrons. The molecular formula is C33H42F3N3O5. The fourth-order valence-electron chi connectivity index (χ4n) is 6.31. The van der Waals surface area contributed by atoms with Gasteiger partial charge in [-0.15, -0.1) is 0 Å². The van der Waals surface area contributed by atoms with Gasteiger partial charge in [-0.3, -0.25) is 19.4 Å². The highest BCUT2D eigenvalue weighted by atomic mass is 19.4. The Kier molecular flexibility index (Phi) is 10.6.